The standard InChI is InChI=1S/C12H21N3O.ClH/c1-9-6-10(14-16-9)7-15-5-4-11(13)12(2,3)8-15;/h6,11H,4-5,7-8,13H2,1-3H3;1H. The molecule has 0 spiro atoms. The molecule has 1 saturated heterocycles. The molecule has 4 nitrogen and oxygen atoms in total. The van der Waals surface area contributed by atoms with Gasteiger partial charge in [0.2, 0.25) is 0 Å². The molecular formula is C12H22ClN3O. The molecule has 0 radical (unpaired) electrons. The molecular weight excluding hydrogens is 238 g/mol. The van der Waals surface area contributed by atoms with Crippen molar-refractivity contribution in [3.8, 4) is 0 Å². The molecule has 1 atom stereocenters. The molecule has 1 unspecified atom stereocenters. The van der Waals surface area contributed by atoms with Crippen LogP contribution in [0.3, 0.4) is 0 Å². The van der Waals surface area contributed by atoms with Crippen LogP contribution >= 0.6 is 12.4 Å². The first-order valence-corrected chi connectivity index (χ1v) is 5.87. The van der Waals surface area contributed by atoms with E-state index in [0.717, 1.165) is 37.5 Å². The number of nitrogens with zero attached hydrogens (tertiary/aromatic N) is 2. The van der Waals surface area contributed by atoms with Gasteiger partial charge in [0, 0.05) is 31.7 Å². The van der Waals surface area contributed by atoms with Crippen molar-refractivity contribution in [3.63, 3.8) is 0 Å². The van der Waals surface area contributed by atoms with E-state index in [4.69, 9.17) is 10.3 Å². The van der Waals surface area contributed by atoms with Crippen LogP contribution in [0.2, 0.25) is 0 Å². The lowest BCUT2D eigenvalue weighted by Crippen LogP contribution is -2.52. The highest BCUT2D eigenvalue weighted by Crippen LogP contribution is 2.28. The second-order valence-electron chi connectivity index (χ2n) is 5.52. The predicted molar refractivity (Wildman–Crippen MR) is 70.1 cm³/mol. The Kier molecular flexibility index (Phi) is 4.58. The molecule has 2 heterocycles. The molecule has 0 bridgehead atoms. The van der Waals surface area contributed by atoms with Crippen molar-refractivity contribution in [1.82, 2.24) is 10.1 Å². The van der Waals surface area contributed by atoms with Crippen LogP contribution in [0.25, 0.3) is 0 Å². The minimum absolute atomic E-state index is 0. The van der Waals surface area contributed by atoms with E-state index in [2.05, 4.69) is 23.9 Å². The molecule has 17 heavy (non-hydrogen) atoms. The van der Waals surface area contributed by atoms with Crippen molar-refractivity contribution in [2.24, 2.45) is 11.1 Å². The monoisotopic (exact) mass is 259 g/mol. The maximum atomic E-state index is 6.11. The van der Waals surface area contributed by atoms with Crippen molar-refractivity contribution in [2.45, 2.75) is 39.8 Å². The lowest BCUT2D eigenvalue weighted by Gasteiger charge is -2.42. The predicted octanol–water partition coefficient (Wildman–Crippen LogP) is 1.96. The summed E-state index contributed by atoms with van der Waals surface area (Å²) in [4.78, 5) is 2.40. The minimum Gasteiger partial charge on any atom is -0.361 e. The fraction of sp³-hybridized carbons (Fsp3) is 0.750. The van der Waals surface area contributed by atoms with Gasteiger partial charge in [-0.2, -0.15) is 0 Å². The van der Waals surface area contributed by atoms with Gasteiger partial charge in [-0.3, -0.25) is 4.90 Å². The summed E-state index contributed by atoms with van der Waals surface area (Å²) in [5.74, 6) is 0.878. The molecule has 1 aliphatic rings. The van der Waals surface area contributed by atoms with Crippen LogP contribution in [0.4, 0.5) is 0 Å². The molecule has 5 heteroatoms. The van der Waals surface area contributed by atoms with Crippen LogP contribution in [0.5, 0.6) is 0 Å². The van der Waals surface area contributed by atoms with Crippen molar-refractivity contribution in [3.05, 3.63) is 17.5 Å². The number of nitrogens with two attached hydrogens (primary N) is 1. The summed E-state index contributed by atoms with van der Waals surface area (Å²) in [6, 6.07) is 2.31. The van der Waals surface area contributed by atoms with E-state index < -0.39 is 0 Å². The van der Waals surface area contributed by atoms with E-state index in [1.165, 1.54) is 0 Å². The van der Waals surface area contributed by atoms with E-state index >= 15 is 0 Å². The summed E-state index contributed by atoms with van der Waals surface area (Å²) in [5, 5.41) is 4.03. The van der Waals surface area contributed by atoms with Crippen molar-refractivity contribution in [1.29, 1.82) is 0 Å². The second-order valence-corrected chi connectivity index (χ2v) is 5.52. The second kappa shape index (κ2) is 5.38. The lowest BCUT2D eigenvalue weighted by atomic mass is 9.80. The third-order valence-electron chi connectivity index (χ3n) is 3.45. The molecule has 0 saturated carbocycles. The molecule has 1 aromatic rings. The van der Waals surface area contributed by atoms with Crippen LogP contribution in [0.1, 0.15) is 31.7 Å². The largest absolute Gasteiger partial charge is 0.361 e. The van der Waals surface area contributed by atoms with Crippen LogP contribution in [0.15, 0.2) is 10.6 Å². The van der Waals surface area contributed by atoms with Gasteiger partial charge in [-0.15, -0.1) is 12.4 Å². The Morgan fingerprint density at radius 3 is 2.82 bits per heavy atom. The average molecular weight is 260 g/mol. The molecule has 2 N–H and O–H groups in total. The first kappa shape index (κ1) is 14.5. The van der Waals surface area contributed by atoms with Gasteiger partial charge < -0.3 is 10.3 Å². The van der Waals surface area contributed by atoms with Gasteiger partial charge in [0.05, 0.1) is 5.69 Å². The number of likely N-dealkylation sites (tertiary alicyclic amines) is 1. The normalized spacial score (nSPS) is 24.4. The van der Waals surface area contributed by atoms with E-state index in [0.29, 0.717) is 6.04 Å². The first-order chi connectivity index (χ1) is 7.47. The van der Waals surface area contributed by atoms with Gasteiger partial charge in [0.15, 0.2) is 0 Å². The summed E-state index contributed by atoms with van der Waals surface area (Å²) >= 11 is 0. The third-order valence-corrected chi connectivity index (χ3v) is 3.45. The lowest BCUT2D eigenvalue weighted by molar-refractivity contribution is 0.0880. The molecule has 0 amide bonds. The molecule has 0 aliphatic carbocycles. The molecule has 0 aromatic carbocycles. The van der Waals surface area contributed by atoms with Crippen molar-refractivity contribution < 1.29 is 4.52 Å². The Balaban J connectivity index is 0.00000144. The fourth-order valence-corrected chi connectivity index (χ4v) is 2.34. The Morgan fingerprint density at radius 1 is 1.59 bits per heavy atom. The number of halogens is 1. The van der Waals surface area contributed by atoms with E-state index in [1.807, 2.05) is 13.0 Å². The van der Waals surface area contributed by atoms with Gasteiger partial charge in [-0.05, 0) is 18.8 Å². The summed E-state index contributed by atoms with van der Waals surface area (Å²) < 4.78 is 5.08. The van der Waals surface area contributed by atoms with E-state index in [-0.39, 0.29) is 17.8 Å². The summed E-state index contributed by atoms with van der Waals surface area (Å²) in [7, 11) is 0. The van der Waals surface area contributed by atoms with Crippen molar-refractivity contribution >= 4 is 12.4 Å². The number of aryl methyl sites for hydroxylation is 1. The van der Waals surface area contributed by atoms with Gasteiger partial charge in [-0.25, -0.2) is 0 Å². The zero-order valence-corrected chi connectivity index (χ0v) is 11.6. The van der Waals surface area contributed by atoms with Crippen LogP contribution < -0.4 is 5.73 Å². The highest BCUT2D eigenvalue weighted by molar-refractivity contribution is 5.85. The Labute approximate surface area is 109 Å². The zero-order valence-electron chi connectivity index (χ0n) is 10.8. The quantitative estimate of drug-likeness (QED) is 0.882. The Hall–Kier alpha value is -0.580. The number of piperidine rings is 1. The van der Waals surface area contributed by atoms with Crippen LogP contribution in [-0.2, 0) is 6.54 Å². The van der Waals surface area contributed by atoms with Crippen molar-refractivity contribution in [2.75, 3.05) is 13.1 Å². The van der Waals surface area contributed by atoms with Gasteiger partial charge in [-0.1, -0.05) is 19.0 Å². The highest BCUT2D eigenvalue weighted by atomic mass is 35.5. The maximum absolute atomic E-state index is 6.11. The molecule has 1 fully saturated rings. The van der Waals surface area contributed by atoms with Crippen LogP contribution in [0, 0.1) is 12.3 Å². The fourth-order valence-electron chi connectivity index (χ4n) is 2.34. The average Bonchev–Trinajstić information content (AvgIpc) is 2.57. The van der Waals surface area contributed by atoms with Gasteiger partial charge >= 0.3 is 0 Å². The number of aromatic nitrogens is 1. The van der Waals surface area contributed by atoms with Gasteiger partial charge in [0.25, 0.3) is 0 Å². The van der Waals surface area contributed by atoms with E-state index in [1.54, 1.807) is 0 Å². The summed E-state index contributed by atoms with van der Waals surface area (Å²) in [6.07, 6.45) is 1.06. The molecule has 1 aliphatic heterocycles. The first-order valence-electron chi connectivity index (χ1n) is 5.87. The number of hydrogen-bond donors (Lipinski definition) is 1. The minimum atomic E-state index is 0. The van der Waals surface area contributed by atoms with E-state index in [9.17, 15) is 0 Å². The Morgan fingerprint density at radius 2 is 2.29 bits per heavy atom. The number of rotatable bonds is 2. The zero-order chi connectivity index (χ0) is 11.8. The summed E-state index contributed by atoms with van der Waals surface area (Å²) in [5.41, 5.74) is 7.32. The molecule has 2 rings (SSSR count). The van der Waals surface area contributed by atoms with Crippen LogP contribution in [-0.4, -0.2) is 29.2 Å². The maximum Gasteiger partial charge on any atom is 0.133 e. The molecule has 1 aromatic heterocycles. The molecule has 98 valence electrons. The summed E-state index contributed by atoms with van der Waals surface area (Å²) in [6.45, 7) is 9.34. The number of hydrogen-bond acceptors (Lipinski definition) is 4. The topological polar surface area (TPSA) is 55.3 Å². The SMILES string of the molecule is Cc1cc(CN2CCC(N)C(C)(C)C2)no1.Cl. The highest BCUT2D eigenvalue weighted by Gasteiger charge is 2.33. The Bertz CT molecular complexity index is 364. The third kappa shape index (κ3) is 3.44. The van der Waals surface area contributed by atoms with Gasteiger partial charge in [0.1, 0.15) is 5.76 Å². The smallest absolute Gasteiger partial charge is 0.133 e.